The van der Waals surface area contributed by atoms with E-state index in [1.165, 1.54) is 18.2 Å². The van der Waals surface area contributed by atoms with Crippen molar-refractivity contribution in [3.8, 4) is 5.75 Å². The SMILES string of the molecule is [B]c1ccc(O)c(C(=O)Nc2c(CC)nc(C(F)(F)F)n2C)c1. The highest BCUT2D eigenvalue weighted by atomic mass is 19.4. The van der Waals surface area contributed by atoms with Gasteiger partial charge in [-0.05, 0) is 12.5 Å². The lowest BCUT2D eigenvalue weighted by Gasteiger charge is -2.11. The fraction of sp³-hybridized carbons (Fsp3) is 0.286. The van der Waals surface area contributed by atoms with Gasteiger partial charge in [0.15, 0.2) is 0 Å². The summed E-state index contributed by atoms with van der Waals surface area (Å²) in [5, 5.41) is 12.0. The van der Waals surface area contributed by atoms with Crippen LogP contribution in [0.3, 0.4) is 0 Å². The van der Waals surface area contributed by atoms with E-state index in [9.17, 15) is 23.1 Å². The molecule has 0 saturated carbocycles. The number of hydrogen-bond donors (Lipinski definition) is 2. The Bertz CT molecular complexity index is 756. The molecule has 2 N–H and O–H groups in total. The van der Waals surface area contributed by atoms with Gasteiger partial charge in [-0.1, -0.05) is 24.5 Å². The van der Waals surface area contributed by atoms with E-state index in [1.54, 1.807) is 6.92 Å². The minimum atomic E-state index is -4.64. The van der Waals surface area contributed by atoms with Crippen molar-refractivity contribution in [1.82, 2.24) is 9.55 Å². The Morgan fingerprint density at radius 1 is 1.43 bits per heavy atom. The fourth-order valence-corrected chi connectivity index (χ4v) is 2.12. The van der Waals surface area contributed by atoms with Gasteiger partial charge in [-0.15, -0.1) is 0 Å². The molecule has 1 amide bonds. The summed E-state index contributed by atoms with van der Waals surface area (Å²) >= 11 is 0. The van der Waals surface area contributed by atoms with E-state index in [2.05, 4.69) is 10.3 Å². The zero-order valence-electron chi connectivity index (χ0n) is 12.4. The molecule has 1 aromatic carbocycles. The second-order valence-corrected chi connectivity index (χ2v) is 4.87. The van der Waals surface area contributed by atoms with E-state index in [4.69, 9.17) is 7.85 Å². The molecule has 0 fully saturated rings. The quantitative estimate of drug-likeness (QED) is 0.846. The van der Waals surface area contributed by atoms with Gasteiger partial charge in [0.2, 0.25) is 5.82 Å². The summed E-state index contributed by atoms with van der Waals surface area (Å²) in [6.07, 6.45) is -4.44. The Hall–Kier alpha value is -2.45. The average molecular weight is 323 g/mol. The van der Waals surface area contributed by atoms with Crippen LogP contribution in [0.15, 0.2) is 18.2 Å². The highest BCUT2D eigenvalue weighted by Gasteiger charge is 2.38. The van der Waals surface area contributed by atoms with E-state index in [0.717, 1.165) is 11.6 Å². The van der Waals surface area contributed by atoms with E-state index in [-0.39, 0.29) is 34.7 Å². The molecule has 2 radical (unpaired) electrons. The molecule has 1 heterocycles. The zero-order valence-corrected chi connectivity index (χ0v) is 12.4. The number of halogens is 3. The number of carbonyl (C=O) groups excluding carboxylic acids is 1. The molecule has 2 rings (SSSR count). The number of hydrogen-bond acceptors (Lipinski definition) is 3. The maximum Gasteiger partial charge on any atom is 0.449 e. The number of nitrogens with one attached hydrogen (secondary N) is 1. The second-order valence-electron chi connectivity index (χ2n) is 4.87. The van der Waals surface area contributed by atoms with Gasteiger partial charge in [-0.3, -0.25) is 4.79 Å². The summed E-state index contributed by atoms with van der Waals surface area (Å²) in [5.74, 6) is -2.29. The first-order chi connectivity index (χ1) is 10.6. The van der Waals surface area contributed by atoms with Gasteiger partial charge in [-0.25, -0.2) is 4.98 Å². The van der Waals surface area contributed by atoms with Crippen LogP contribution < -0.4 is 10.8 Å². The third-order valence-corrected chi connectivity index (χ3v) is 3.25. The molecule has 120 valence electrons. The zero-order chi connectivity index (χ0) is 17.4. The van der Waals surface area contributed by atoms with Crippen molar-refractivity contribution in [2.45, 2.75) is 19.5 Å². The van der Waals surface area contributed by atoms with E-state index >= 15 is 0 Å². The third-order valence-electron chi connectivity index (χ3n) is 3.25. The molecule has 0 atom stereocenters. The lowest BCUT2D eigenvalue weighted by atomic mass is 9.94. The second kappa shape index (κ2) is 5.98. The Kier molecular flexibility index (Phi) is 4.40. The van der Waals surface area contributed by atoms with Gasteiger partial charge in [-0.2, -0.15) is 13.2 Å². The number of benzene rings is 1. The van der Waals surface area contributed by atoms with Crippen molar-refractivity contribution in [3.63, 3.8) is 0 Å². The van der Waals surface area contributed by atoms with Crippen LogP contribution in [-0.2, 0) is 19.6 Å². The van der Waals surface area contributed by atoms with Crippen molar-refractivity contribution in [3.05, 3.63) is 35.3 Å². The maximum absolute atomic E-state index is 12.9. The summed E-state index contributed by atoms with van der Waals surface area (Å²) in [6.45, 7) is 1.62. The third kappa shape index (κ3) is 3.33. The smallest absolute Gasteiger partial charge is 0.449 e. The van der Waals surface area contributed by atoms with Crippen LogP contribution in [0, 0.1) is 0 Å². The molecule has 0 bridgehead atoms. The molecular formula is C14H13BF3N3O2. The van der Waals surface area contributed by atoms with E-state index in [1.807, 2.05) is 0 Å². The Labute approximate surface area is 131 Å². The Balaban J connectivity index is 2.42. The van der Waals surface area contributed by atoms with Crippen LogP contribution in [-0.4, -0.2) is 28.4 Å². The fourth-order valence-electron chi connectivity index (χ4n) is 2.12. The first-order valence-electron chi connectivity index (χ1n) is 6.67. The normalized spacial score (nSPS) is 11.5. The summed E-state index contributed by atoms with van der Waals surface area (Å²) in [5.41, 5.74) is 0.197. The van der Waals surface area contributed by atoms with Gasteiger partial charge < -0.3 is 15.0 Å². The van der Waals surface area contributed by atoms with E-state index < -0.39 is 17.9 Å². The van der Waals surface area contributed by atoms with Crippen LogP contribution in [0.5, 0.6) is 5.75 Å². The molecule has 2 aromatic rings. The molecule has 0 saturated heterocycles. The lowest BCUT2D eigenvalue weighted by Crippen LogP contribution is -2.19. The van der Waals surface area contributed by atoms with Crippen LogP contribution in [0.2, 0.25) is 0 Å². The van der Waals surface area contributed by atoms with E-state index in [0.29, 0.717) is 0 Å². The number of anilines is 1. The Morgan fingerprint density at radius 2 is 2.09 bits per heavy atom. The topological polar surface area (TPSA) is 67.2 Å². The minimum absolute atomic E-state index is 0.0772. The number of imidazole rings is 1. The van der Waals surface area contributed by atoms with Gasteiger partial charge in [0.25, 0.3) is 5.91 Å². The molecule has 0 aliphatic carbocycles. The summed E-state index contributed by atoms with van der Waals surface area (Å²) in [6, 6.07) is 3.86. The van der Waals surface area contributed by atoms with Gasteiger partial charge >= 0.3 is 6.18 Å². The van der Waals surface area contributed by atoms with Crippen LogP contribution in [0.1, 0.15) is 28.8 Å². The first-order valence-corrected chi connectivity index (χ1v) is 6.67. The predicted octanol–water partition coefficient (Wildman–Crippen LogP) is 1.75. The molecule has 0 aliphatic rings. The number of amides is 1. The standard InChI is InChI=1S/C14H13BF3N3O2/c1-3-9-11(21(2)13(19-9)14(16,17)18)20-12(23)8-6-7(15)4-5-10(8)22/h4-6,22H,3H2,1-2H3,(H,20,23). The van der Waals surface area contributed by atoms with Crippen molar-refractivity contribution in [1.29, 1.82) is 0 Å². The molecule has 9 heteroatoms. The highest BCUT2D eigenvalue weighted by Crippen LogP contribution is 2.32. The average Bonchev–Trinajstić information content (AvgIpc) is 2.78. The Morgan fingerprint density at radius 3 is 2.65 bits per heavy atom. The minimum Gasteiger partial charge on any atom is -0.507 e. The lowest BCUT2D eigenvalue weighted by molar-refractivity contribution is -0.146. The number of phenols is 1. The van der Waals surface area contributed by atoms with Crippen molar-refractivity contribution < 1.29 is 23.1 Å². The molecular weight excluding hydrogens is 310 g/mol. The van der Waals surface area contributed by atoms with Crippen molar-refractivity contribution >= 4 is 25.0 Å². The number of aromatic nitrogens is 2. The number of aryl methyl sites for hydroxylation is 1. The number of aromatic hydroxyl groups is 1. The maximum atomic E-state index is 12.9. The number of alkyl halides is 3. The molecule has 23 heavy (non-hydrogen) atoms. The predicted molar refractivity (Wildman–Crippen MR) is 79.0 cm³/mol. The molecule has 5 nitrogen and oxygen atoms in total. The molecule has 0 unspecified atom stereocenters. The number of rotatable bonds is 3. The molecule has 0 spiro atoms. The molecule has 1 aromatic heterocycles. The molecule has 0 aliphatic heterocycles. The van der Waals surface area contributed by atoms with Crippen molar-refractivity contribution in [2.75, 3.05) is 5.32 Å². The van der Waals surface area contributed by atoms with Crippen molar-refractivity contribution in [2.24, 2.45) is 7.05 Å². The number of nitrogens with zero attached hydrogens (tertiary/aromatic N) is 2. The van der Waals surface area contributed by atoms with Crippen LogP contribution >= 0.6 is 0 Å². The summed E-state index contributed by atoms with van der Waals surface area (Å²) in [7, 11) is 6.70. The largest absolute Gasteiger partial charge is 0.507 e. The first kappa shape index (κ1) is 16.9. The van der Waals surface area contributed by atoms with Crippen LogP contribution in [0.25, 0.3) is 0 Å². The van der Waals surface area contributed by atoms with Gasteiger partial charge in [0.1, 0.15) is 19.4 Å². The number of carbonyl (C=O) groups is 1. The summed E-state index contributed by atoms with van der Waals surface area (Å²) < 4.78 is 39.5. The van der Waals surface area contributed by atoms with Gasteiger partial charge in [0, 0.05) is 7.05 Å². The number of phenolic OH excluding ortho intramolecular Hbond substituents is 1. The summed E-state index contributed by atoms with van der Waals surface area (Å²) in [4.78, 5) is 15.7. The van der Waals surface area contributed by atoms with Crippen LogP contribution in [0.4, 0.5) is 19.0 Å². The monoisotopic (exact) mass is 323 g/mol. The van der Waals surface area contributed by atoms with Gasteiger partial charge in [0.05, 0.1) is 11.3 Å². The highest BCUT2D eigenvalue weighted by molar-refractivity contribution is 6.33.